The molecule has 1 aromatic rings. The van der Waals surface area contributed by atoms with Crippen LogP contribution in [0.3, 0.4) is 0 Å². The zero-order chi connectivity index (χ0) is 20.3. The third-order valence-corrected chi connectivity index (χ3v) is 6.25. The van der Waals surface area contributed by atoms with Gasteiger partial charge in [-0.3, -0.25) is 14.4 Å². The van der Waals surface area contributed by atoms with E-state index in [4.69, 9.17) is 0 Å². The largest absolute Gasteiger partial charge is 0.338 e. The first-order chi connectivity index (χ1) is 13.4. The molecule has 2 aliphatic rings. The van der Waals surface area contributed by atoms with E-state index in [1.165, 1.54) is 18.3 Å². The Morgan fingerprint density at radius 3 is 2.57 bits per heavy atom. The average Bonchev–Trinajstić information content (AvgIpc) is 3.35. The lowest BCUT2D eigenvalue weighted by Gasteiger charge is -2.32. The Hall–Kier alpha value is -1.93. The summed E-state index contributed by atoms with van der Waals surface area (Å²) < 4.78 is 0. The van der Waals surface area contributed by atoms with Gasteiger partial charge in [0, 0.05) is 46.2 Å². The molecule has 3 rings (SSSR count). The Kier molecular flexibility index (Phi) is 6.72. The molecule has 2 aliphatic heterocycles. The number of hydrogen-bond donors (Lipinski definition) is 1. The molecule has 0 saturated carbocycles. The molecule has 1 aromatic heterocycles. The second-order valence-corrected chi connectivity index (χ2v) is 8.93. The third-order valence-electron chi connectivity index (χ3n) is 5.39. The van der Waals surface area contributed by atoms with Crippen molar-refractivity contribution in [2.45, 2.75) is 39.3 Å². The summed E-state index contributed by atoms with van der Waals surface area (Å²) in [5.41, 5.74) is 0. The van der Waals surface area contributed by atoms with Crippen LogP contribution < -0.4 is 5.32 Å². The van der Waals surface area contributed by atoms with E-state index in [-0.39, 0.29) is 23.8 Å². The molecule has 1 N–H and O–H groups in total. The summed E-state index contributed by atoms with van der Waals surface area (Å²) in [7, 11) is 0. The summed E-state index contributed by atoms with van der Waals surface area (Å²) in [5, 5.41) is 5.14. The molecule has 0 spiro atoms. The number of rotatable bonds is 5. The summed E-state index contributed by atoms with van der Waals surface area (Å²) in [6.45, 7) is 9.57. The molecule has 2 atom stereocenters. The van der Waals surface area contributed by atoms with Gasteiger partial charge in [0.1, 0.15) is 6.04 Å². The Labute approximate surface area is 170 Å². The lowest BCUT2D eigenvalue weighted by atomic mass is 10.1. The van der Waals surface area contributed by atoms with Crippen molar-refractivity contribution in [1.82, 2.24) is 20.0 Å². The van der Waals surface area contributed by atoms with Crippen molar-refractivity contribution in [3.05, 3.63) is 22.4 Å². The highest BCUT2D eigenvalue weighted by Gasteiger charge is 2.43. The normalized spacial score (nSPS) is 22.6. The van der Waals surface area contributed by atoms with Crippen LogP contribution in [0.1, 0.15) is 36.9 Å². The Morgan fingerprint density at radius 2 is 2.00 bits per heavy atom. The van der Waals surface area contributed by atoms with Crippen molar-refractivity contribution in [3.8, 4) is 0 Å². The molecule has 0 aliphatic carbocycles. The van der Waals surface area contributed by atoms with Gasteiger partial charge in [-0.2, -0.15) is 0 Å². The number of carbonyl (C=O) groups is 3. The van der Waals surface area contributed by atoms with E-state index >= 15 is 0 Å². The van der Waals surface area contributed by atoms with Gasteiger partial charge in [-0.25, -0.2) is 0 Å². The molecular formula is C20H30N4O3S. The van der Waals surface area contributed by atoms with E-state index in [1.54, 1.807) is 4.90 Å². The minimum Gasteiger partial charge on any atom is -0.338 e. The molecular weight excluding hydrogens is 376 g/mol. The van der Waals surface area contributed by atoms with Crippen LogP contribution in [0.15, 0.2) is 17.5 Å². The molecule has 8 heteroatoms. The molecule has 2 fully saturated rings. The van der Waals surface area contributed by atoms with Gasteiger partial charge in [-0.1, -0.05) is 19.9 Å². The van der Waals surface area contributed by atoms with Gasteiger partial charge in [-0.15, -0.1) is 11.3 Å². The highest BCUT2D eigenvalue weighted by molar-refractivity contribution is 7.12. The van der Waals surface area contributed by atoms with Gasteiger partial charge >= 0.3 is 0 Å². The topological polar surface area (TPSA) is 73.0 Å². The minimum absolute atomic E-state index is 0.00673. The number of nitrogens with zero attached hydrogens (tertiary/aromatic N) is 3. The maximum atomic E-state index is 13.1. The molecule has 154 valence electrons. The lowest BCUT2D eigenvalue weighted by molar-refractivity contribution is -0.143. The number of likely N-dealkylation sites (tertiary alicyclic amines) is 1. The summed E-state index contributed by atoms with van der Waals surface area (Å²) in [4.78, 5) is 44.6. The Balaban J connectivity index is 1.80. The maximum Gasteiger partial charge on any atom is 0.264 e. The molecule has 2 unspecified atom stereocenters. The molecule has 3 heterocycles. The van der Waals surface area contributed by atoms with E-state index < -0.39 is 6.04 Å². The van der Waals surface area contributed by atoms with E-state index in [0.29, 0.717) is 43.4 Å². The predicted molar refractivity (Wildman–Crippen MR) is 109 cm³/mol. The van der Waals surface area contributed by atoms with Crippen molar-refractivity contribution in [1.29, 1.82) is 0 Å². The van der Waals surface area contributed by atoms with Crippen LogP contribution in [0.2, 0.25) is 0 Å². The fourth-order valence-corrected chi connectivity index (χ4v) is 4.73. The second kappa shape index (κ2) is 9.05. The third kappa shape index (κ3) is 4.55. The molecule has 0 aromatic carbocycles. The molecule has 3 amide bonds. The number of amides is 3. The van der Waals surface area contributed by atoms with Gasteiger partial charge < -0.3 is 20.0 Å². The van der Waals surface area contributed by atoms with E-state index in [0.717, 1.165) is 13.1 Å². The van der Waals surface area contributed by atoms with Crippen LogP contribution in [0.4, 0.5) is 0 Å². The number of piperazine rings is 1. The molecule has 2 saturated heterocycles. The van der Waals surface area contributed by atoms with Crippen LogP contribution >= 0.6 is 11.3 Å². The van der Waals surface area contributed by atoms with Gasteiger partial charge in [0.15, 0.2) is 0 Å². The quantitative estimate of drug-likeness (QED) is 0.799. The number of hydrogen-bond acceptors (Lipinski definition) is 5. The summed E-state index contributed by atoms with van der Waals surface area (Å²) in [6.07, 6.45) is 0.506. The number of nitrogens with one attached hydrogen (secondary N) is 1. The first-order valence-electron chi connectivity index (χ1n) is 9.99. The van der Waals surface area contributed by atoms with Gasteiger partial charge in [0.2, 0.25) is 11.8 Å². The van der Waals surface area contributed by atoms with Crippen LogP contribution in [-0.2, 0) is 9.59 Å². The Bertz CT molecular complexity index is 700. The van der Waals surface area contributed by atoms with E-state index in [1.807, 2.05) is 27.3 Å². The smallest absolute Gasteiger partial charge is 0.264 e. The average molecular weight is 407 g/mol. The number of thiophene rings is 1. The van der Waals surface area contributed by atoms with Crippen LogP contribution in [0, 0.1) is 5.92 Å². The second-order valence-electron chi connectivity index (χ2n) is 7.98. The van der Waals surface area contributed by atoms with Crippen molar-refractivity contribution >= 4 is 29.1 Å². The maximum absolute atomic E-state index is 13.1. The highest BCUT2D eigenvalue weighted by atomic mass is 32.1. The van der Waals surface area contributed by atoms with Crippen molar-refractivity contribution in [3.63, 3.8) is 0 Å². The minimum atomic E-state index is -0.480. The first-order valence-corrected chi connectivity index (χ1v) is 10.9. The molecule has 7 nitrogen and oxygen atoms in total. The molecule has 0 radical (unpaired) electrons. The van der Waals surface area contributed by atoms with Crippen LogP contribution in [-0.4, -0.2) is 83.8 Å². The lowest BCUT2D eigenvalue weighted by Crippen LogP contribution is -2.53. The van der Waals surface area contributed by atoms with Crippen molar-refractivity contribution in [2.24, 2.45) is 5.92 Å². The monoisotopic (exact) mass is 406 g/mol. The SMILES string of the molecule is CC(=O)N1CC(N(CC(C)C)C(=O)c2cccs2)CC1C(=O)N1CCNCC1. The summed E-state index contributed by atoms with van der Waals surface area (Å²) >= 11 is 1.43. The van der Waals surface area contributed by atoms with Crippen LogP contribution in [0.25, 0.3) is 0 Å². The zero-order valence-corrected chi connectivity index (χ0v) is 17.7. The van der Waals surface area contributed by atoms with Crippen LogP contribution in [0.5, 0.6) is 0 Å². The van der Waals surface area contributed by atoms with Crippen molar-refractivity contribution < 1.29 is 14.4 Å². The summed E-state index contributed by atoms with van der Waals surface area (Å²) in [5.74, 6) is 0.196. The zero-order valence-electron chi connectivity index (χ0n) is 16.9. The standard InChI is InChI=1S/C20H30N4O3S/c1-14(2)12-24(20(27)18-5-4-10-28-18)16-11-17(23(13-16)15(3)25)19(26)22-8-6-21-7-9-22/h4-5,10,14,16-17,21H,6-9,11-13H2,1-3H3. The highest BCUT2D eigenvalue weighted by Crippen LogP contribution is 2.27. The predicted octanol–water partition coefficient (Wildman–Crippen LogP) is 1.27. The Morgan fingerprint density at radius 1 is 1.29 bits per heavy atom. The first kappa shape index (κ1) is 20.8. The van der Waals surface area contributed by atoms with Crippen molar-refractivity contribution in [2.75, 3.05) is 39.3 Å². The van der Waals surface area contributed by atoms with E-state index in [9.17, 15) is 14.4 Å². The number of carbonyl (C=O) groups excluding carboxylic acids is 3. The van der Waals surface area contributed by atoms with Gasteiger partial charge in [-0.05, 0) is 23.8 Å². The van der Waals surface area contributed by atoms with Gasteiger partial charge in [0.25, 0.3) is 5.91 Å². The summed E-state index contributed by atoms with van der Waals surface area (Å²) in [6, 6.07) is 3.09. The van der Waals surface area contributed by atoms with Gasteiger partial charge in [0.05, 0.1) is 10.9 Å². The fourth-order valence-electron chi connectivity index (χ4n) is 4.05. The van der Waals surface area contributed by atoms with E-state index in [2.05, 4.69) is 19.2 Å². The molecule has 0 bridgehead atoms. The fraction of sp³-hybridized carbons (Fsp3) is 0.650. The molecule has 28 heavy (non-hydrogen) atoms.